The number of hydrogen-bond donors (Lipinski definition) is 3. The average molecular weight is 506 g/mol. The van der Waals surface area contributed by atoms with Gasteiger partial charge in [-0.3, -0.25) is 14.6 Å². The van der Waals surface area contributed by atoms with Crippen molar-refractivity contribution in [3.05, 3.63) is 72.0 Å². The number of carbonyl (C=O) groups excluding carboxylic acids is 2. The van der Waals surface area contributed by atoms with E-state index in [1.54, 1.807) is 42.4 Å². The number of anilines is 2. The van der Waals surface area contributed by atoms with Crippen molar-refractivity contribution in [3.8, 4) is 17.0 Å². The van der Waals surface area contributed by atoms with Crippen molar-refractivity contribution in [1.29, 1.82) is 0 Å². The summed E-state index contributed by atoms with van der Waals surface area (Å²) in [7, 11) is 0. The summed E-state index contributed by atoms with van der Waals surface area (Å²) in [6.45, 7) is 7.22. The van der Waals surface area contributed by atoms with E-state index < -0.39 is 0 Å². The number of hydrogen-bond acceptors (Lipinski definition) is 6. The third-order valence-corrected chi connectivity index (χ3v) is 6.66. The van der Waals surface area contributed by atoms with Crippen molar-refractivity contribution in [3.63, 3.8) is 0 Å². The summed E-state index contributed by atoms with van der Waals surface area (Å²) in [6.07, 6.45) is 5.14. The Morgan fingerprint density at radius 2 is 2.27 bits per heavy atom. The van der Waals surface area contributed by atoms with Crippen LogP contribution in [-0.4, -0.2) is 65.6 Å². The fourth-order valence-corrected chi connectivity index (χ4v) is 4.67. The molecule has 2 aliphatic heterocycles. The van der Waals surface area contributed by atoms with Crippen LogP contribution in [0.25, 0.3) is 11.3 Å². The van der Waals surface area contributed by atoms with Crippen molar-refractivity contribution in [1.82, 2.24) is 20.2 Å². The van der Waals surface area contributed by atoms with Gasteiger partial charge in [0.25, 0.3) is 5.91 Å². The maximum Gasteiger partial charge on any atom is 0.255 e. The number of nitrogens with one attached hydrogen (secondary N) is 3. The van der Waals surface area contributed by atoms with Gasteiger partial charge >= 0.3 is 0 Å². The smallest absolute Gasteiger partial charge is 0.255 e. The highest BCUT2D eigenvalue weighted by Gasteiger charge is 2.30. The topological polar surface area (TPSA) is 109 Å². The Balaban J connectivity index is 1.51. The molecule has 2 aliphatic rings. The lowest BCUT2D eigenvalue weighted by Gasteiger charge is -2.34. The van der Waals surface area contributed by atoms with Gasteiger partial charge in [-0.1, -0.05) is 12.6 Å². The lowest BCUT2D eigenvalue weighted by atomic mass is 10.0. The molecule has 1 atom stereocenters. The van der Waals surface area contributed by atoms with Crippen molar-refractivity contribution in [2.45, 2.75) is 19.4 Å². The average Bonchev–Trinajstić information content (AvgIpc) is 3.29. The van der Waals surface area contributed by atoms with E-state index in [2.05, 4.69) is 27.2 Å². The van der Waals surface area contributed by atoms with Gasteiger partial charge in [-0.25, -0.2) is 4.39 Å². The predicted molar refractivity (Wildman–Crippen MR) is 136 cm³/mol. The van der Waals surface area contributed by atoms with E-state index in [0.717, 1.165) is 5.69 Å². The molecule has 4 heterocycles. The number of ether oxygens (including phenoxy) is 2. The number of halogens is 1. The van der Waals surface area contributed by atoms with E-state index in [1.165, 1.54) is 12.1 Å². The quantitative estimate of drug-likeness (QED) is 0.425. The van der Waals surface area contributed by atoms with Gasteiger partial charge < -0.3 is 30.0 Å². The van der Waals surface area contributed by atoms with Gasteiger partial charge in [-0.15, -0.1) is 0 Å². The second-order valence-corrected chi connectivity index (χ2v) is 8.92. The zero-order chi connectivity index (χ0) is 25.9. The molecule has 9 nitrogen and oxygen atoms in total. The molecule has 0 bridgehead atoms. The molecule has 2 aromatic heterocycles. The summed E-state index contributed by atoms with van der Waals surface area (Å²) >= 11 is 0. The number of fused-ring (bicyclic) bond motifs is 1. The van der Waals surface area contributed by atoms with Crippen LogP contribution in [0.3, 0.4) is 0 Å². The van der Waals surface area contributed by atoms with Crippen LogP contribution in [0.1, 0.15) is 21.6 Å². The van der Waals surface area contributed by atoms with E-state index in [-0.39, 0.29) is 30.3 Å². The van der Waals surface area contributed by atoms with Gasteiger partial charge in [0.15, 0.2) is 0 Å². The van der Waals surface area contributed by atoms with Gasteiger partial charge in [-0.2, -0.15) is 0 Å². The van der Waals surface area contributed by atoms with Crippen molar-refractivity contribution in [2.24, 2.45) is 0 Å². The first-order chi connectivity index (χ1) is 18.0. The summed E-state index contributed by atoms with van der Waals surface area (Å²) in [4.78, 5) is 34.5. The van der Waals surface area contributed by atoms with Gasteiger partial charge in [0.05, 0.1) is 42.4 Å². The molecule has 37 heavy (non-hydrogen) atoms. The third kappa shape index (κ3) is 4.79. The van der Waals surface area contributed by atoms with Gasteiger partial charge in [0.2, 0.25) is 5.91 Å². The van der Waals surface area contributed by atoms with Crippen molar-refractivity contribution < 1.29 is 23.5 Å². The fourth-order valence-electron chi connectivity index (χ4n) is 4.67. The number of carbonyl (C=O) groups is 2. The molecule has 1 aromatic carbocycles. The molecule has 5 rings (SSSR count). The van der Waals surface area contributed by atoms with E-state index in [4.69, 9.17) is 9.47 Å². The van der Waals surface area contributed by atoms with Gasteiger partial charge in [0, 0.05) is 48.2 Å². The van der Waals surface area contributed by atoms with E-state index in [1.807, 2.05) is 0 Å². The van der Waals surface area contributed by atoms with Crippen LogP contribution in [0, 0.1) is 12.7 Å². The molecule has 0 spiro atoms. The van der Waals surface area contributed by atoms with E-state index >= 15 is 0 Å². The minimum absolute atomic E-state index is 0.177. The molecule has 192 valence electrons. The molecule has 10 heteroatoms. The molecule has 3 aromatic rings. The molecule has 0 unspecified atom stereocenters. The number of aromatic amines is 1. The minimum Gasteiger partial charge on any atom is -0.489 e. The highest BCUT2D eigenvalue weighted by atomic mass is 19.1. The molecule has 0 saturated carbocycles. The molecule has 2 amide bonds. The molecule has 3 N–H and O–H groups in total. The zero-order valence-corrected chi connectivity index (χ0v) is 20.5. The standard InChI is InChI=1S/C27H28FN5O4/c1-3-23(34)33-11-12-36-14-17(33)15-37-22-13-29-9-7-18(22)25-26(24-21(32-25)8-10-30-27(24)35)31-20-6-4-5-19(28)16(20)2/h3-7,9,13,17,31-32H,1,8,10-12,14-15H2,2H3,(H,30,35)/t17-/m0/s1. The maximum atomic E-state index is 14.3. The van der Waals surface area contributed by atoms with Crippen LogP contribution in [0.4, 0.5) is 15.8 Å². The zero-order valence-electron chi connectivity index (χ0n) is 20.5. The van der Waals surface area contributed by atoms with Crippen LogP contribution < -0.4 is 15.4 Å². The molecule has 1 fully saturated rings. The SMILES string of the molecule is C=CC(=O)N1CCOC[C@H]1COc1cnccc1-c1[nH]c2c(c1Nc1cccc(F)c1C)C(=O)NCC2. The first-order valence-corrected chi connectivity index (χ1v) is 12.1. The van der Waals surface area contributed by atoms with Crippen molar-refractivity contribution in [2.75, 3.05) is 38.2 Å². The third-order valence-electron chi connectivity index (χ3n) is 6.66. The van der Waals surface area contributed by atoms with E-state index in [9.17, 15) is 14.0 Å². The van der Waals surface area contributed by atoms with Crippen LogP contribution in [0.5, 0.6) is 5.75 Å². The molecular formula is C27H28FN5O4. The van der Waals surface area contributed by atoms with Crippen LogP contribution in [0.2, 0.25) is 0 Å². The Kier molecular flexibility index (Phi) is 6.91. The Labute approximate surface area is 213 Å². The van der Waals surface area contributed by atoms with Crippen LogP contribution in [-0.2, 0) is 16.0 Å². The number of aromatic nitrogens is 2. The van der Waals surface area contributed by atoms with Crippen LogP contribution >= 0.6 is 0 Å². The summed E-state index contributed by atoms with van der Waals surface area (Å²) in [5.74, 6) is -0.267. The number of morpholine rings is 1. The fraction of sp³-hybridized carbons (Fsp3) is 0.296. The highest BCUT2D eigenvalue weighted by Crippen LogP contribution is 2.40. The summed E-state index contributed by atoms with van der Waals surface area (Å²) in [5, 5.41) is 6.17. The first-order valence-electron chi connectivity index (χ1n) is 12.1. The van der Waals surface area contributed by atoms with Gasteiger partial charge in [0.1, 0.15) is 18.2 Å². The normalized spacial score (nSPS) is 17.1. The summed E-state index contributed by atoms with van der Waals surface area (Å²) in [5.41, 5.74) is 4.08. The number of H-pyrrole nitrogens is 1. The maximum absolute atomic E-state index is 14.3. The van der Waals surface area contributed by atoms with Crippen molar-refractivity contribution >= 4 is 23.2 Å². The molecular weight excluding hydrogens is 477 g/mol. The Hall–Kier alpha value is -4.18. The molecule has 0 aliphatic carbocycles. The monoisotopic (exact) mass is 505 g/mol. The number of rotatable bonds is 7. The lowest BCUT2D eigenvalue weighted by molar-refractivity contribution is -0.135. The summed E-state index contributed by atoms with van der Waals surface area (Å²) < 4.78 is 26.1. The Morgan fingerprint density at radius 3 is 3.11 bits per heavy atom. The number of amides is 2. The predicted octanol–water partition coefficient (Wildman–Crippen LogP) is 3.35. The number of benzene rings is 1. The minimum atomic E-state index is -0.346. The number of pyridine rings is 1. The lowest BCUT2D eigenvalue weighted by Crippen LogP contribution is -2.50. The summed E-state index contributed by atoms with van der Waals surface area (Å²) in [6, 6.07) is 6.28. The highest BCUT2D eigenvalue weighted by molar-refractivity contribution is 6.06. The first kappa shape index (κ1) is 24.5. The Bertz CT molecular complexity index is 1350. The Morgan fingerprint density at radius 1 is 1.41 bits per heavy atom. The largest absolute Gasteiger partial charge is 0.489 e. The van der Waals surface area contributed by atoms with E-state index in [0.29, 0.717) is 72.2 Å². The van der Waals surface area contributed by atoms with Crippen LogP contribution in [0.15, 0.2) is 49.3 Å². The van der Waals surface area contributed by atoms with Gasteiger partial charge in [-0.05, 0) is 31.2 Å². The molecule has 1 saturated heterocycles. The number of nitrogens with zero attached hydrogens (tertiary/aromatic N) is 2. The molecule has 0 radical (unpaired) electrons. The second-order valence-electron chi connectivity index (χ2n) is 8.92. The second kappa shape index (κ2) is 10.4.